The highest BCUT2D eigenvalue weighted by Crippen LogP contribution is 2.29. The molecule has 1 aromatic carbocycles. The summed E-state index contributed by atoms with van der Waals surface area (Å²) in [5.41, 5.74) is 7.80. The van der Waals surface area contributed by atoms with Crippen LogP contribution in [0.3, 0.4) is 0 Å². The maximum absolute atomic E-state index is 6.08. The van der Waals surface area contributed by atoms with Crippen LogP contribution in [0.25, 0.3) is 0 Å². The molecule has 0 spiro atoms. The molecule has 2 N–H and O–H groups in total. The normalized spacial score (nSPS) is 11.0. The second kappa shape index (κ2) is 8.28. The fourth-order valence-electron chi connectivity index (χ4n) is 2.28. The average molecular weight is 284 g/mol. The molecule has 0 heterocycles. The van der Waals surface area contributed by atoms with Gasteiger partial charge in [0.1, 0.15) is 0 Å². The molecule has 0 saturated heterocycles. The number of hydrogen-bond donors (Lipinski definition) is 1. The second-order valence-corrected chi connectivity index (χ2v) is 5.04. The van der Waals surface area contributed by atoms with Gasteiger partial charge >= 0.3 is 0 Å². The number of nitrogens with two attached hydrogens (primary N) is 1. The van der Waals surface area contributed by atoms with Gasteiger partial charge in [0.25, 0.3) is 0 Å². The summed E-state index contributed by atoms with van der Waals surface area (Å²) in [6, 6.07) is 5.84. The first-order chi connectivity index (χ1) is 9.13. The lowest BCUT2D eigenvalue weighted by Crippen LogP contribution is -2.30. The van der Waals surface area contributed by atoms with Gasteiger partial charge in [0, 0.05) is 13.1 Å². The van der Waals surface area contributed by atoms with Crippen molar-refractivity contribution in [2.24, 2.45) is 0 Å². The van der Waals surface area contributed by atoms with Gasteiger partial charge in [-0.1, -0.05) is 31.5 Å². The van der Waals surface area contributed by atoms with Gasteiger partial charge in [-0.3, -0.25) is 0 Å². The largest absolute Gasteiger partial charge is 0.396 e. The van der Waals surface area contributed by atoms with Crippen LogP contribution in [0.15, 0.2) is 18.2 Å². The Hall–Kier alpha value is -0.930. The monoisotopic (exact) mass is 283 g/mol. The van der Waals surface area contributed by atoms with Gasteiger partial charge in [-0.25, -0.2) is 0 Å². The standard InChI is InChI=1S/C15H26ClN3/c1-4-18(5-2)11-8-12-19(6-3)14-10-7-9-13(16)15(14)17/h7,9-10H,4-6,8,11-12,17H2,1-3H3. The molecule has 0 aliphatic heterocycles. The van der Waals surface area contributed by atoms with E-state index < -0.39 is 0 Å². The van der Waals surface area contributed by atoms with Crippen molar-refractivity contribution in [2.75, 3.05) is 43.4 Å². The summed E-state index contributed by atoms with van der Waals surface area (Å²) < 4.78 is 0. The van der Waals surface area contributed by atoms with E-state index in [2.05, 4.69) is 30.6 Å². The van der Waals surface area contributed by atoms with Crippen LogP contribution >= 0.6 is 11.6 Å². The first-order valence-electron chi connectivity index (χ1n) is 7.15. The minimum atomic E-state index is 0.639. The van der Waals surface area contributed by atoms with Crippen LogP contribution in [0.4, 0.5) is 11.4 Å². The summed E-state index contributed by atoms with van der Waals surface area (Å²) >= 11 is 6.08. The lowest BCUT2D eigenvalue weighted by molar-refractivity contribution is 0.301. The highest BCUT2D eigenvalue weighted by Gasteiger charge is 2.10. The van der Waals surface area contributed by atoms with E-state index in [0.29, 0.717) is 10.7 Å². The molecule has 0 amide bonds. The van der Waals surface area contributed by atoms with E-state index in [4.69, 9.17) is 17.3 Å². The third-order valence-electron chi connectivity index (χ3n) is 3.55. The van der Waals surface area contributed by atoms with Crippen molar-refractivity contribution in [1.29, 1.82) is 0 Å². The Balaban J connectivity index is 2.61. The van der Waals surface area contributed by atoms with Gasteiger partial charge in [0.05, 0.1) is 16.4 Å². The highest BCUT2D eigenvalue weighted by molar-refractivity contribution is 6.33. The molecule has 0 atom stereocenters. The number of halogens is 1. The van der Waals surface area contributed by atoms with Crippen LogP contribution in [0.2, 0.25) is 5.02 Å². The zero-order valence-corrected chi connectivity index (χ0v) is 13.1. The summed E-state index contributed by atoms with van der Waals surface area (Å²) in [6.07, 6.45) is 1.14. The fraction of sp³-hybridized carbons (Fsp3) is 0.600. The van der Waals surface area contributed by atoms with Crippen LogP contribution in [0.5, 0.6) is 0 Å². The van der Waals surface area contributed by atoms with Crippen LogP contribution in [-0.4, -0.2) is 37.6 Å². The van der Waals surface area contributed by atoms with E-state index in [0.717, 1.165) is 44.8 Å². The Morgan fingerprint density at radius 2 is 1.74 bits per heavy atom. The predicted octanol–water partition coefficient (Wildman–Crippen LogP) is 3.48. The molecule has 0 radical (unpaired) electrons. The second-order valence-electron chi connectivity index (χ2n) is 4.63. The molecule has 0 unspecified atom stereocenters. The first-order valence-corrected chi connectivity index (χ1v) is 7.53. The topological polar surface area (TPSA) is 32.5 Å². The highest BCUT2D eigenvalue weighted by atomic mass is 35.5. The summed E-state index contributed by atoms with van der Waals surface area (Å²) in [7, 11) is 0. The number of nitrogen functional groups attached to an aromatic ring is 1. The van der Waals surface area contributed by atoms with E-state index in [1.165, 1.54) is 0 Å². The molecule has 1 rings (SSSR count). The zero-order chi connectivity index (χ0) is 14.3. The minimum absolute atomic E-state index is 0.639. The third-order valence-corrected chi connectivity index (χ3v) is 3.88. The Kier molecular flexibility index (Phi) is 7.03. The van der Waals surface area contributed by atoms with Gasteiger partial charge in [-0.2, -0.15) is 0 Å². The van der Waals surface area contributed by atoms with Crippen molar-refractivity contribution >= 4 is 23.0 Å². The summed E-state index contributed by atoms with van der Waals surface area (Å²) in [4.78, 5) is 4.74. The maximum atomic E-state index is 6.08. The van der Waals surface area contributed by atoms with Crippen LogP contribution in [0.1, 0.15) is 27.2 Å². The summed E-state index contributed by atoms with van der Waals surface area (Å²) in [6.45, 7) is 11.9. The van der Waals surface area contributed by atoms with Gasteiger partial charge in [0.15, 0.2) is 0 Å². The number of benzene rings is 1. The molecule has 0 saturated carbocycles. The van der Waals surface area contributed by atoms with Gasteiger partial charge in [-0.05, 0) is 45.1 Å². The lowest BCUT2D eigenvalue weighted by Gasteiger charge is -2.26. The molecule has 4 heteroatoms. The Labute approximate surface area is 122 Å². The summed E-state index contributed by atoms with van der Waals surface area (Å²) in [5.74, 6) is 0. The van der Waals surface area contributed by atoms with Crippen LogP contribution < -0.4 is 10.6 Å². The van der Waals surface area contributed by atoms with Crippen molar-refractivity contribution < 1.29 is 0 Å². The number of hydrogen-bond acceptors (Lipinski definition) is 3. The molecule has 0 aliphatic rings. The van der Waals surface area contributed by atoms with Crippen LogP contribution in [-0.2, 0) is 0 Å². The van der Waals surface area contributed by atoms with E-state index in [9.17, 15) is 0 Å². The predicted molar refractivity (Wildman–Crippen MR) is 86.2 cm³/mol. The smallest absolute Gasteiger partial charge is 0.0741 e. The molecule has 0 fully saturated rings. The molecular weight excluding hydrogens is 258 g/mol. The summed E-state index contributed by atoms with van der Waals surface area (Å²) in [5, 5.41) is 0.639. The van der Waals surface area contributed by atoms with E-state index in [1.54, 1.807) is 0 Å². The van der Waals surface area contributed by atoms with Gasteiger partial charge < -0.3 is 15.5 Å². The van der Waals surface area contributed by atoms with Crippen LogP contribution in [0, 0.1) is 0 Å². The molecular formula is C15H26ClN3. The quantitative estimate of drug-likeness (QED) is 0.742. The number of para-hydroxylation sites is 1. The average Bonchev–Trinajstić information content (AvgIpc) is 2.43. The minimum Gasteiger partial charge on any atom is -0.396 e. The molecule has 0 aliphatic carbocycles. The maximum Gasteiger partial charge on any atom is 0.0741 e. The molecule has 1 aromatic rings. The van der Waals surface area contributed by atoms with Crippen molar-refractivity contribution in [2.45, 2.75) is 27.2 Å². The molecule has 0 bridgehead atoms. The van der Waals surface area contributed by atoms with E-state index >= 15 is 0 Å². The van der Waals surface area contributed by atoms with Gasteiger partial charge in [0.2, 0.25) is 0 Å². The number of anilines is 2. The van der Waals surface area contributed by atoms with Gasteiger partial charge in [-0.15, -0.1) is 0 Å². The molecule has 19 heavy (non-hydrogen) atoms. The lowest BCUT2D eigenvalue weighted by atomic mass is 10.2. The Bertz CT molecular complexity index is 378. The molecule has 108 valence electrons. The van der Waals surface area contributed by atoms with E-state index in [1.807, 2.05) is 18.2 Å². The first kappa shape index (κ1) is 16.1. The number of nitrogens with zero attached hydrogens (tertiary/aromatic N) is 2. The Morgan fingerprint density at radius 1 is 1.05 bits per heavy atom. The third kappa shape index (κ3) is 4.59. The molecule has 3 nitrogen and oxygen atoms in total. The number of rotatable bonds is 8. The molecule has 0 aromatic heterocycles. The van der Waals surface area contributed by atoms with E-state index in [-0.39, 0.29) is 0 Å². The van der Waals surface area contributed by atoms with Crippen molar-refractivity contribution in [3.63, 3.8) is 0 Å². The zero-order valence-electron chi connectivity index (χ0n) is 12.3. The van der Waals surface area contributed by atoms with Crippen molar-refractivity contribution in [3.05, 3.63) is 23.2 Å². The van der Waals surface area contributed by atoms with Crippen molar-refractivity contribution in [1.82, 2.24) is 4.90 Å². The SMILES string of the molecule is CCN(CC)CCCN(CC)c1cccc(Cl)c1N. The van der Waals surface area contributed by atoms with Crippen molar-refractivity contribution in [3.8, 4) is 0 Å². The Morgan fingerprint density at radius 3 is 2.32 bits per heavy atom. The fourth-order valence-corrected chi connectivity index (χ4v) is 2.44.